The monoisotopic (exact) mass is 627 g/mol. The van der Waals surface area contributed by atoms with Gasteiger partial charge in [0, 0.05) is 41.0 Å². The Labute approximate surface area is 231 Å². The molecule has 0 saturated carbocycles. The quantitative estimate of drug-likeness (QED) is 0.189. The summed E-state index contributed by atoms with van der Waals surface area (Å²) in [6.45, 7) is 3.21. The van der Waals surface area contributed by atoms with Crippen LogP contribution in [0.25, 0.3) is 22.4 Å². The van der Waals surface area contributed by atoms with E-state index in [-0.39, 0.29) is 12.5 Å². The lowest BCUT2D eigenvalue weighted by Crippen LogP contribution is -2.36. The van der Waals surface area contributed by atoms with E-state index in [1.165, 1.54) is 18.4 Å². The van der Waals surface area contributed by atoms with Crippen LogP contribution in [0.1, 0.15) is 20.8 Å². The number of halogens is 1. The maximum Gasteiger partial charge on any atom is 0.348 e. The Morgan fingerprint density at radius 1 is 1.19 bits per heavy atom. The number of aromatic nitrogens is 1. The molecule has 1 saturated heterocycles. The van der Waals surface area contributed by atoms with Crippen LogP contribution in [0.4, 0.5) is 5.69 Å². The molecule has 4 aromatic rings. The van der Waals surface area contributed by atoms with E-state index < -0.39 is 5.97 Å². The first-order valence-electron chi connectivity index (χ1n) is 11.5. The van der Waals surface area contributed by atoms with Crippen molar-refractivity contribution in [3.8, 4) is 34.3 Å². The van der Waals surface area contributed by atoms with Crippen LogP contribution in [0.15, 0.2) is 59.4 Å². The normalized spacial score (nSPS) is 13.3. The third-order valence-electron chi connectivity index (χ3n) is 5.98. The van der Waals surface area contributed by atoms with Crippen molar-refractivity contribution in [3.05, 3.63) is 73.9 Å². The molecule has 1 aliphatic heterocycles. The second-order valence-electron chi connectivity index (χ2n) is 8.19. The van der Waals surface area contributed by atoms with Gasteiger partial charge in [-0.3, -0.25) is 0 Å². The Morgan fingerprint density at radius 3 is 2.65 bits per heavy atom. The fourth-order valence-electron chi connectivity index (χ4n) is 4.11. The highest BCUT2D eigenvalue weighted by Gasteiger charge is 2.21. The van der Waals surface area contributed by atoms with E-state index >= 15 is 0 Å². The number of nitrogens with zero attached hydrogens (tertiary/aromatic N) is 3. The van der Waals surface area contributed by atoms with Crippen LogP contribution < -0.4 is 9.64 Å². The Balaban J connectivity index is 1.51. The molecule has 0 amide bonds. The molecule has 10 heteroatoms. The molecule has 0 N–H and O–H groups in total. The molecular weight excluding hydrogens is 605 g/mol. The summed E-state index contributed by atoms with van der Waals surface area (Å²) in [7, 11) is 1.35. The van der Waals surface area contributed by atoms with Gasteiger partial charge in [-0.1, -0.05) is 12.1 Å². The van der Waals surface area contributed by atoms with Crippen LogP contribution in [0.5, 0.6) is 5.88 Å². The molecule has 0 bridgehead atoms. The van der Waals surface area contributed by atoms with Gasteiger partial charge in [-0.2, -0.15) is 5.26 Å². The minimum Gasteiger partial charge on any atom is -0.472 e. The maximum absolute atomic E-state index is 12.2. The average molecular weight is 627 g/mol. The molecule has 0 atom stereocenters. The predicted octanol–water partition coefficient (Wildman–Crippen LogP) is 5.75. The fraction of sp³-hybridized carbons (Fsp3) is 0.222. The van der Waals surface area contributed by atoms with Crippen molar-refractivity contribution in [3.63, 3.8) is 0 Å². The molecule has 0 radical (unpaired) electrons. The first-order chi connectivity index (χ1) is 18.1. The van der Waals surface area contributed by atoms with Crippen molar-refractivity contribution in [2.24, 2.45) is 0 Å². The highest BCUT2D eigenvalue weighted by atomic mass is 127. The zero-order chi connectivity index (χ0) is 25.8. The molecule has 0 spiro atoms. The predicted molar refractivity (Wildman–Crippen MR) is 148 cm³/mol. The molecule has 5 rings (SSSR count). The van der Waals surface area contributed by atoms with Crippen molar-refractivity contribution in [1.82, 2.24) is 4.98 Å². The zero-order valence-corrected chi connectivity index (χ0v) is 22.9. The molecule has 0 unspecified atom stereocenters. The number of nitriles is 1. The summed E-state index contributed by atoms with van der Waals surface area (Å²) in [5.41, 5.74) is 5.03. The number of thiophene rings is 1. The van der Waals surface area contributed by atoms with Crippen LogP contribution in [0.2, 0.25) is 0 Å². The molecule has 1 aromatic carbocycles. The largest absolute Gasteiger partial charge is 0.472 e. The van der Waals surface area contributed by atoms with Crippen molar-refractivity contribution < 1.29 is 23.4 Å². The number of morpholine rings is 1. The van der Waals surface area contributed by atoms with Gasteiger partial charge < -0.3 is 23.5 Å². The second-order valence-corrected chi connectivity index (χ2v) is 11.1. The van der Waals surface area contributed by atoms with Gasteiger partial charge in [-0.15, -0.1) is 11.3 Å². The van der Waals surface area contributed by atoms with E-state index in [4.69, 9.17) is 23.6 Å². The molecule has 1 aliphatic rings. The van der Waals surface area contributed by atoms with Gasteiger partial charge in [-0.05, 0) is 52.9 Å². The number of methoxy groups -OCH3 is 1. The molecule has 0 aliphatic carbocycles. The van der Waals surface area contributed by atoms with E-state index in [2.05, 4.69) is 45.7 Å². The Morgan fingerprint density at radius 2 is 1.97 bits per heavy atom. The van der Waals surface area contributed by atoms with Crippen molar-refractivity contribution in [1.29, 1.82) is 5.26 Å². The molecular formula is C27H22IN3O5S. The number of benzene rings is 1. The van der Waals surface area contributed by atoms with Crippen molar-refractivity contribution in [2.45, 2.75) is 6.61 Å². The summed E-state index contributed by atoms with van der Waals surface area (Å²) >= 11 is 3.48. The van der Waals surface area contributed by atoms with Crippen LogP contribution in [0.3, 0.4) is 0 Å². The van der Waals surface area contributed by atoms with Crippen molar-refractivity contribution in [2.75, 3.05) is 38.3 Å². The molecule has 1 fully saturated rings. The minimum absolute atomic E-state index is 0.0653. The number of rotatable bonds is 7. The smallest absolute Gasteiger partial charge is 0.348 e. The van der Waals surface area contributed by atoms with Crippen LogP contribution in [0, 0.1) is 14.2 Å². The number of pyridine rings is 1. The van der Waals surface area contributed by atoms with Gasteiger partial charge in [-0.25, -0.2) is 9.78 Å². The van der Waals surface area contributed by atoms with E-state index in [9.17, 15) is 10.1 Å². The number of esters is 1. The first kappa shape index (κ1) is 25.3. The molecule has 188 valence electrons. The van der Waals surface area contributed by atoms with E-state index in [0.717, 1.165) is 32.8 Å². The third kappa shape index (κ3) is 5.49. The van der Waals surface area contributed by atoms with E-state index in [0.29, 0.717) is 40.5 Å². The summed E-state index contributed by atoms with van der Waals surface area (Å²) in [6.07, 6.45) is 3.14. The minimum atomic E-state index is -0.423. The van der Waals surface area contributed by atoms with Gasteiger partial charge in [0.2, 0.25) is 5.88 Å². The van der Waals surface area contributed by atoms with Crippen LogP contribution in [-0.4, -0.2) is 44.4 Å². The fourth-order valence-corrected chi connectivity index (χ4v) is 5.95. The number of hydrogen-bond donors (Lipinski definition) is 0. The number of ether oxygens (including phenoxy) is 3. The summed E-state index contributed by atoms with van der Waals surface area (Å²) < 4.78 is 22.7. The summed E-state index contributed by atoms with van der Waals surface area (Å²) in [4.78, 5) is 19.7. The van der Waals surface area contributed by atoms with Gasteiger partial charge in [0.15, 0.2) is 0 Å². The Kier molecular flexibility index (Phi) is 7.73. The lowest BCUT2D eigenvalue weighted by atomic mass is 10.0. The second kappa shape index (κ2) is 11.3. The number of carbonyl (C=O) groups excluding carboxylic acids is 1. The Hall–Kier alpha value is -3.40. The lowest BCUT2D eigenvalue weighted by molar-refractivity contribution is 0.0603. The molecule has 3 aromatic heterocycles. The van der Waals surface area contributed by atoms with Gasteiger partial charge in [0.1, 0.15) is 23.1 Å². The summed E-state index contributed by atoms with van der Waals surface area (Å²) in [5, 5.41) is 10.0. The number of hydrogen-bond acceptors (Lipinski definition) is 9. The van der Waals surface area contributed by atoms with Crippen LogP contribution >= 0.6 is 33.9 Å². The highest BCUT2D eigenvalue weighted by molar-refractivity contribution is 14.1. The number of anilines is 1. The van der Waals surface area contributed by atoms with Gasteiger partial charge in [0.25, 0.3) is 0 Å². The summed E-state index contributed by atoms with van der Waals surface area (Å²) in [5.74, 6) is -0.237. The van der Waals surface area contributed by atoms with E-state index in [1.807, 2.05) is 24.3 Å². The van der Waals surface area contributed by atoms with E-state index in [1.54, 1.807) is 18.6 Å². The molecule has 4 heterocycles. The maximum atomic E-state index is 12.2. The number of furan rings is 1. The standard InChI is InChI=1S/C27H22IN3O5S/c1-33-27(32)25-19(12-24(28)37-25)16-36-26-22(14-29)21(18-6-9-35-15-18)13-23(30-26)17-2-4-20(5-3-17)31-7-10-34-11-8-31/h2-6,9,12-13,15H,7-8,10-11,16H2,1H3. The molecule has 37 heavy (non-hydrogen) atoms. The molecule has 8 nitrogen and oxygen atoms in total. The van der Waals surface area contributed by atoms with Crippen molar-refractivity contribution >= 4 is 45.6 Å². The average Bonchev–Trinajstić information content (AvgIpc) is 3.61. The lowest BCUT2D eigenvalue weighted by Gasteiger charge is -2.28. The highest BCUT2D eigenvalue weighted by Crippen LogP contribution is 2.35. The van der Waals surface area contributed by atoms with Gasteiger partial charge >= 0.3 is 5.97 Å². The van der Waals surface area contributed by atoms with Gasteiger partial charge in [0.05, 0.1) is 41.4 Å². The zero-order valence-electron chi connectivity index (χ0n) is 19.9. The number of carbonyl (C=O) groups is 1. The topological polar surface area (TPSA) is 97.8 Å². The van der Waals surface area contributed by atoms with Crippen LogP contribution in [-0.2, 0) is 16.1 Å². The SMILES string of the molecule is COC(=O)c1sc(I)cc1COc1nc(-c2ccc(N3CCOCC3)cc2)cc(-c2ccoc2)c1C#N. The third-order valence-corrected chi connectivity index (χ3v) is 7.90. The first-order valence-corrected chi connectivity index (χ1v) is 13.4. The Bertz CT molecular complexity index is 1440. The summed E-state index contributed by atoms with van der Waals surface area (Å²) in [6, 6.07) is 15.9.